The van der Waals surface area contributed by atoms with Crippen LogP contribution in [-0.2, 0) is 11.5 Å². The van der Waals surface area contributed by atoms with E-state index < -0.39 is 0 Å². The zero-order valence-electron chi connectivity index (χ0n) is 11.5. The summed E-state index contributed by atoms with van der Waals surface area (Å²) in [5.74, 6) is -0.228. The fourth-order valence-corrected chi connectivity index (χ4v) is 3.11. The lowest BCUT2D eigenvalue weighted by Crippen LogP contribution is -2.01. The van der Waals surface area contributed by atoms with Gasteiger partial charge in [0.2, 0.25) is 5.78 Å². The number of nitrogens with zero attached hydrogens (tertiary/aromatic N) is 3. The standard InChI is InChI=1S/C15H10ClN3O2S/c1-21-8-19-6-12(11-4-9(16)2-3-13(11)19)14(20)15-18-10(5-17)7-22-15/h2-4,6-7H,8H2,1H3. The van der Waals surface area contributed by atoms with Gasteiger partial charge < -0.3 is 9.30 Å². The molecule has 0 spiro atoms. The van der Waals surface area contributed by atoms with Crippen LogP contribution in [0.5, 0.6) is 0 Å². The first kappa shape index (κ1) is 14.7. The summed E-state index contributed by atoms with van der Waals surface area (Å²) in [5, 5.41) is 12.0. The van der Waals surface area contributed by atoms with Gasteiger partial charge in [-0.2, -0.15) is 5.26 Å². The number of fused-ring (bicyclic) bond motifs is 1. The number of hydrogen-bond acceptors (Lipinski definition) is 5. The van der Waals surface area contributed by atoms with Crippen molar-refractivity contribution in [3.05, 3.63) is 51.1 Å². The largest absolute Gasteiger partial charge is 0.364 e. The van der Waals surface area contributed by atoms with Crippen molar-refractivity contribution in [2.75, 3.05) is 7.11 Å². The molecule has 0 bridgehead atoms. The minimum Gasteiger partial charge on any atom is -0.364 e. The number of halogens is 1. The molecule has 1 aromatic carbocycles. The molecular formula is C15H10ClN3O2S. The molecule has 0 saturated heterocycles. The van der Waals surface area contributed by atoms with Crippen molar-refractivity contribution in [2.24, 2.45) is 0 Å². The van der Waals surface area contributed by atoms with Crippen LogP contribution in [0.3, 0.4) is 0 Å². The highest BCUT2D eigenvalue weighted by Gasteiger charge is 2.20. The lowest BCUT2D eigenvalue weighted by Gasteiger charge is -2.02. The van der Waals surface area contributed by atoms with Gasteiger partial charge in [0.25, 0.3) is 0 Å². The Morgan fingerprint density at radius 2 is 2.36 bits per heavy atom. The summed E-state index contributed by atoms with van der Waals surface area (Å²) in [6.45, 7) is 0.326. The summed E-state index contributed by atoms with van der Waals surface area (Å²) >= 11 is 7.20. The minimum atomic E-state index is -0.228. The maximum Gasteiger partial charge on any atom is 0.223 e. The first-order valence-electron chi connectivity index (χ1n) is 6.31. The van der Waals surface area contributed by atoms with Crippen molar-refractivity contribution >= 4 is 39.6 Å². The minimum absolute atomic E-state index is 0.228. The molecular weight excluding hydrogens is 322 g/mol. The molecule has 0 N–H and O–H groups in total. The van der Waals surface area contributed by atoms with Crippen LogP contribution in [0.15, 0.2) is 29.8 Å². The van der Waals surface area contributed by atoms with Crippen molar-refractivity contribution in [3.63, 3.8) is 0 Å². The van der Waals surface area contributed by atoms with E-state index in [4.69, 9.17) is 21.6 Å². The molecule has 0 aliphatic rings. The lowest BCUT2D eigenvalue weighted by atomic mass is 10.1. The molecule has 0 aliphatic heterocycles. The number of hydrogen-bond donors (Lipinski definition) is 0. The quantitative estimate of drug-likeness (QED) is 0.687. The first-order valence-corrected chi connectivity index (χ1v) is 7.57. The van der Waals surface area contributed by atoms with Crippen LogP contribution < -0.4 is 0 Å². The summed E-state index contributed by atoms with van der Waals surface area (Å²) in [5.41, 5.74) is 1.59. The molecule has 0 unspecified atom stereocenters. The molecule has 0 atom stereocenters. The predicted molar refractivity (Wildman–Crippen MR) is 84.2 cm³/mol. The van der Waals surface area contributed by atoms with E-state index in [1.54, 1.807) is 30.8 Å². The second kappa shape index (κ2) is 5.89. The molecule has 0 radical (unpaired) electrons. The van der Waals surface area contributed by atoms with Gasteiger partial charge in [0.05, 0.1) is 11.1 Å². The Morgan fingerprint density at radius 1 is 1.55 bits per heavy atom. The summed E-state index contributed by atoms with van der Waals surface area (Å²) < 4.78 is 6.98. The van der Waals surface area contributed by atoms with Gasteiger partial charge in [0, 0.05) is 29.1 Å². The third kappa shape index (κ3) is 2.50. The normalized spacial score (nSPS) is 10.8. The zero-order valence-corrected chi connectivity index (χ0v) is 13.1. The van der Waals surface area contributed by atoms with Gasteiger partial charge in [0.1, 0.15) is 12.8 Å². The van der Waals surface area contributed by atoms with Crippen molar-refractivity contribution in [1.29, 1.82) is 5.26 Å². The van der Waals surface area contributed by atoms with Crippen molar-refractivity contribution in [1.82, 2.24) is 9.55 Å². The van der Waals surface area contributed by atoms with Crippen LogP contribution in [0, 0.1) is 11.3 Å². The molecule has 0 saturated carbocycles. The number of nitriles is 1. The maximum absolute atomic E-state index is 12.7. The van der Waals surface area contributed by atoms with Crippen molar-refractivity contribution in [2.45, 2.75) is 6.73 Å². The Kier molecular flexibility index (Phi) is 3.94. The number of benzene rings is 1. The Bertz CT molecular complexity index is 907. The van der Waals surface area contributed by atoms with E-state index in [1.165, 1.54) is 0 Å². The Morgan fingerprint density at radius 3 is 3.05 bits per heavy atom. The van der Waals surface area contributed by atoms with E-state index in [2.05, 4.69) is 4.98 Å². The molecule has 0 fully saturated rings. The summed E-state index contributed by atoms with van der Waals surface area (Å²) in [6.07, 6.45) is 1.72. The number of aromatic nitrogens is 2. The predicted octanol–water partition coefficient (Wildman–Crippen LogP) is 3.46. The number of carbonyl (C=O) groups excluding carboxylic acids is 1. The number of ether oxygens (including phenoxy) is 1. The smallest absolute Gasteiger partial charge is 0.223 e. The van der Waals surface area contributed by atoms with Crippen LogP contribution in [0.25, 0.3) is 10.9 Å². The van der Waals surface area contributed by atoms with Crippen LogP contribution in [0.2, 0.25) is 5.02 Å². The third-order valence-electron chi connectivity index (χ3n) is 3.17. The molecule has 2 heterocycles. The van der Waals surface area contributed by atoms with Gasteiger partial charge in [-0.15, -0.1) is 11.3 Å². The lowest BCUT2D eigenvalue weighted by molar-refractivity contribution is 0.103. The molecule has 3 aromatic rings. The van der Waals surface area contributed by atoms with E-state index >= 15 is 0 Å². The van der Waals surface area contributed by atoms with Gasteiger partial charge >= 0.3 is 0 Å². The summed E-state index contributed by atoms with van der Waals surface area (Å²) in [7, 11) is 1.59. The van der Waals surface area contributed by atoms with Crippen LogP contribution in [-0.4, -0.2) is 22.4 Å². The van der Waals surface area contributed by atoms with E-state index in [0.29, 0.717) is 17.3 Å². The monoisotopic (exact) mass is 331 g/mol. The van der Waals surface area contributed by atoms with E-state index in [1.807, 2.05) is 16.7 Å². The SMILES string of the molecule is COCn1cc(C(=O)c2nc(C#N)cs2)c2cc(Cl)ccc21. The van der Waals surface area contributed by atoms with Gasteiger partial charge in [-0.25, -0.2) is 4.98 Å². The molecule has 22 heavy (non-hydrogen) atoms. The van der Waals surface area contributed by atoms with Crippen LogP contribution in [0.1, 0.15) is 21.1 Å². The maximum atomic E-state index is 12.7. The average molecular weight is 332 g/mol. The third-order valence-corrected chi connectivity index (χ3v) is 4.25. The molecule has 7 heteroatoms. The highest BCUT2D eigenvalue weighted by molar-refractivity contribution is 7.12. The second-order valence-electron chi connectivity index (χ2n) is 4.57. The number of methoxy groups -OCH3 is 1. The summed E-state index contributed by atoms with van der Waals surface area (Å²) in [6, 6.07) is 7.28. The molecule has 110 valence electrons. The molecule has 2 aromatic heterocycles. The Labute approximate surface area is 135 Å². The number of carbonyl (C=O) groups is 1. The van der Waals surface area contributed by atoms with E-state index in [9.17, 15) is 4.79 Å². The second-order valence-corrected chi connectivity index (χ2v) is 5.87. The van der Waals surface area contributed by atoms with Gasteiger partial charge in [-0.1, -0.05) is 11.6 Å². The Hall–Kier alpha value is -2.20. The van der Waals surface area contributed by atoms with E-state index in [-0.39, 0.29) is 16.5 Å². The molecule has 3 rings (SSSR count). The highest BCUT2D eigenvalue weighted by Crippen LogP contribution is 2.27. The first-order chi connectivity index (χ1) is 10.6. The van der Waals surface area contributed by atoms with Crippen LogP contribution in [0.4, 0.5) is 0 Å². The van der Waals surface area contributed by atoms with E-state index in [0.717, 1.165) is 22.2 Å². The van der Waals surface area contributed by atoms with Crippen LogP contribution >= 0.6 is 22.9 Å². The topological polar surface area (TPSA) is 67.9 Å². The molecule has 5 nitrogen and oxygen atoms in total. The average Bonchev–Trinajstić information content (AvgIpc) is 3.12. The summed E-state index contributed by atoms with van der Waals surface area (Å²) in [4.78, 5) is 16.7. The van der Waals surface area contributed by atoms with Gasteiger partial charge in [0.15, 0.2) is 10.7 Å². The number of thiazole rings is 1. The fourth-order valence-electron chi connectivity index (χ4n) is 2.24. The molecule has 0 aliphatic carbocycles. The Balaban J connectivity index is 2.15. The highest BCUT2D eigenvalue weighted by atomic mass is 35.5. The fraction of sp³-hybridized carbons (Fsp3) is 0.133. The molecule has 0 amide bonds. The zero-order chi connectivity index (χ0) is 15.7. The number of ketones is 1. The van der Waals surface area contributed by atoms with Crippen molar-refractivity contribution < 1.29 is 9.53 Å². The van der Waals surface area contributed by atoms with Crippen molar-refractivity contribution in [3.8, 4) is 6.07 Å². The number of rotatable bonds is 4. The van der Waals surface area contributed by atoms with Gasteiger partial charge in [-0.3, -0.25) is 4.79 Å². The van der Waals surface area contributed by atoms with Gasteiger partial charge in [-0.05, 0) is 18.2 Å².